The van der Waals surface area contributed by atoms with Crippen LogP contribution in [0, 0.1) is 5.82 Å². The summed E-state index contributed by atoms with van der Waals surface area (Å²) in [6, 6.07) is 9.15. The summed E-state index contributed by atoms with van der Waals surface area (Å²) in [7, 11) is 3.90. The molecular formula is C22H31FN6S. The number of rotatable bonds is 7. The van der Waals surface area contributed by atoms with E-state index in [0.29, 0.717) is 19.0 Å². The molecule has 162 valence electrons. The normalized spacial score (nSPS) is 15.3. The number of hydrogen-bond acceptors (Lipinski definition) is 5. The third-order valence-corrected chi connectivity index (χ3v) is 5.83. The van der Waals surface area contributed by atoms with Crippen LogP contribution < -0.4 is 15.5 Å². The van der Waals surface area contributed by atoms with Crippen molar-refractivity contribution >= 4 is 23.5 Å². The Hall–Kier alpha value is -2.32. The number of thioether (sulfide) groups is 1. The van der Waals surface area contributed by atoms with Gasteiger partial charge in [-0.15, -0.1) is 0 Å². The largest absolute Gasteiger partial charge is 0.354 e. The van der Waals surface area contributed by atoms with Crippen LogP contribution in [0.15, 0.2) is 41.5 Å². The summed E-state index contributed by atoms with van der Waals surface area (Å²) < 4.78 is 13.5. The van der Waals surface area contributed by atoms with Crippen LogP contribution in [-0.4, -0.2) is 62.4 Å². The van der Waals surface area contributed by atoms with Gasteiger partial charge in [-0.2, -0.15) is 11.8 Å². The van der Waals surface area contributed by atoms with Gasteiger partial charge in [-0.3, -0.25) is 4.99 Å². The van der Waals surface area contributed by atoms with E-state index in [-0.39, 0.29) is 5.82 Å². The fourth-order valence-electron chi connectivity index (χ4n) is 3.39. The third kappa shape index (κ3) is 6.34. The van der Waals surface area contributed by atoms with E-state index in [4.69, 9.17) is 0 Å². The molecule has 30 heavy (non-hydrogen) atoms. The molecule has 6 nitrogen and oxygen atoms in total. The lowest BCUT2D eigenvalue weighted by atomic mass is 10.1. The highest BCUT2D eigenvalue weighted by Gasteiger charge is 2.15. The number of piperazine rings is 1. The molecular weight excluding hydrogens is 399 g/mol. The van der Waals surface area contributed by atoms with Crippen molar-refractivity contribution in [2.75, 3.05) is 51.4 Å². The predicted octanol–water partition coefficient (Wildman–Crippen LogP) is 2.70. The van der Waals surface area contributed by atoms with Crippen LogP contribution in [0.5, 0.6) is 0 Å². The standard InChI is InChI=1S/C22H31FN6S/c1-24-22(27-15-18-5-6-20(23)12-19(18)16-30-3)26-14-17-4-7-21(25-13-17)29-10-8-28(2)9-11-29/h4-7,12-13H,8-11,14-16H2,1-3H3,(H2,24,26,27). The molecule has 1 aromatic carbocycles. The lowest BCUT2D eigenvalue weighted by molar-refractivity contribution is 0.312. The molecule has 0 aliphatic carbocycles. The molecule has 3 rings (SSSR count). The first-order valence-corrected chi connectivity index (χ1v) is 11.6. The first kappa shape index (κ1) is 22.4. The molecule has 0 amide bonds. The fraction of sp³-hybridized carbons (Fsp3) is 0.455. The van der Waals surface area contributed by atoms with Crippen molar-refractivity contribution in [2.45, 2.75) is 18.8 Å². The number of nitrogens with zero attached hydrogens (tertiary/aromatic N) is 4. The van der Waals surface area contributed by atoms with Crippen molar-refractivity contribution in [1.29, 1.82) is 0 Å². The van der Waals surface area contributed by atoms with Gasteiger partial charge < -0.3 is 20.4 Å². The average molecular weight is 431 g/mol. The summed E-state index contributed by atoms with van der Waals surface area (Å²) in [5.41, 5.74) is 3.18. The Bertz CT molecular complexity index is 834. The van der Waals surface area contributed by atoms with E-state index in [1.165, 1.54) is 6.07 Å². The van der Waals surface area contributed by atoms with Crippen molar-refractivity contribution < 1.29 is 4.39 Å². The fourth-order valence-corrected chi connectivity index (χ4v) is 3.97. The van der Waals surface area contributed by atoms with E-state index < -0.39 is 0 Å². The van der Waals surface area contributed by atoms with Crippen molar-refractivity contribution in [1.82, 2.24) is 20.5 Å². The molecule has 0 radical (unpaired) electrons. The molecule has 0 atom stereocenters. The first-order valence-electron chi connectivity index (χ1n) is 10.2. The predicted molar refractivity (Wildman–Crippen MR) is 125 cm³/mol. The molecule has 0 spiro atoms. The van der Waals surface area contributed by atoms with Crippen LogP contribution in [0.1, 0.15) is 16.7 Å². The Labute approximate surface area is 183 Å². The number of likely N-dealkylation sites (N-methyl/N-ethyl adjacent to an activating group) is 1. The molecule has 8 heteroatoms. The number of benzene rings is 1. The minimum absolute atomic E-state index is 0.196. The van der Waals surface area contributed by atoms with E-state index in [0.717, 1.165) is 54.4 Å². The van der Waals surface area contributed by atoms with E-state index in [2.05, 4.69) is 49.6 Å². The van der Waals surface area contributed by atoms with Crippen LogP contribution in [0.4, 0.5) is 10.2 Å². The summed E-state index contributed by atoms with van der Waals surface area (Å²) in [6.07, 6.45) is 3.94. The number of nitrogens with one attached hydrogen (secondary N) is 2. The van der Waals surface area contributed by atoms with Gasteiger partial charge in [0.1, 0.15) is 11.6 Å². The van der Waals surface area contributed by atoms with E-state index in [1.54, 1.807) is 24.9 Å². The van der Waals surface area contributed by atoms with Gasteiger partial charge in [-0.1, -0.05) is 12.1 Å². The summed E-state index contributed by atoms with van der Waals surface area (Å²) in [6.45, 7) is 5.39. The monoisotopic (exact) mass is 430 g/mol. The zero-order chi connectivity index (χ0) is 21.3. The number of guanidine groups is 1. The first-order chi connectivity index (χ1) is 14.6. The Morgan fingerprint density at radius 1 is 1.10 bits per heavy atom. The number of aromatic nitrogens is 1. The molecule has 1 aliphatic rings. The highest BCUT2D eigenvalue weighted by molar-refractivity contribution is 7.97. The van der Waals surface area contributed by atoms with Gasteiger partial charge in [0.05, 0.1) is 0 Å². The topological polar surface area (TPSA) is 55.8 Å². The second kappa shape index (κ2) is 11.2. The van der Waals surface area contributed by atoms with Crippen LogP contribution in [-0.2, 0) is 18.8 Å². The smallest absolute Gasteiger partial charge is 0.191 e. The number of hydrogen-bond donors (Lipinski definition) is 2. The Balaban J connectivity index is 1.51. The maximum atomic E-state index is 13.5. The van der Waals surface area contributed by atoms with E-state index in [9.17, 15) is 4.39 Å². The van der Waals surface area contributed by atoms with Gasteiger partial charge in [-0.05, 0) is 48.2 Å². The van der Waals surface area contributed by atoms with Crippen molar-refractivity contribution in [3.8, 4) is 0 Å². The summed E-state index contributed by atoms with van der Waals surface area (Å²) in [4.78, 5) is 13.6. The molecule has 2 aromatic rings. The molecule has 2 N–H and O–H groups in total. The maximum Gasteiger partial charge on any atom is 0.191 e. The van der Waals surface area contributed by atoms with Gasteiger partial charge >= 0.3 is 0 Å². The van der Waals surface area contributed by atoms with Crippen molar-refractivity contribution in [2.24, 2.45) is 4.99 Å². The quantitative estimate of drug-likeness (QED) is 0.520. The Morgan fingerprint density at radius 2 is 1.87 bits per heavy atom. The maximum absolute atomic E-state index is 13.5. The molecule has 1 aliphatic heterocycles. The minimum atomic E-state index is -0.196. The van der Waals surface area contributed by atoms with Crippen LogP contribution in [0.2, 0.25) is 0 Å². The molecule has 1 fully saturated rings. The van der Waals surface area contributed by atoms with Crippen molar-refractivity contribution in [3.63, 3.8) is 0 Å². The highest BCUT2D eigenvalue weighted by atomic mass is 32.2. The van der Waals surface area contributed by atoms with Crippen LogP contribution >= 0.6 is 11.8 Å². The van der Waals surface area contributed by atoms with Gasteiger partial charge in [-0.25, -0.2) is 9.37 Å². The summed E-state index contributed by atoms with van der Waals surface area (Å²) >= 11 is 1.68. The third-order valence-electron chi connectivity index (χ3n) is 5.23. The van der Waals surface area contributed by atoms with Crippen LogP contribution in [0.3, 0.4) is 0 Å². The summed E-state index contributed by atoms with van der Waals surface area (Å²) in [5, 5.41) is 6.64. The zero-order valence-corrected chi connectivity index (χ0v) is 18.8. The summed E-state index contributed by atoms with van der Waals surface area (Å²) in [5.74, 6) is 2.33. The van der Waals surface area contributed by atoms with Gasteiger partial charge in [0.2, 0.25) is 0 Å². The molecule has 0 bridgehead atoms. The van der Waals surface area contributed by atoms with Gasteiger partial charge in [0, 0.05) is 58.3 Å². The molecule has 1 aromatic heterocycles. The van der Waals surface area contributed by atoms with E-state index >= 15 is 0 Å². The lowest BCUT2D eigenvalue weighted by Crippen LogP contribution is -2.44. The second-order valence-corrected chi connectivity index (χ2v) is 8.31. The SMILES string of the molecule is CN=C(NCc1ccc(N2CCN(C)CC2)nc1)NCc1ccc(F)cc1CSC. The Kier molecular flexibility index (Phi) is 8.33. The highest BCUT2D eigenvalue weighted by Crippen LogP contribution is 2.17. The molecule has 0 saturated carbocycles. The average Bonchev–Trinajstić information content (AvgIpc) is 2.76. The molecule has 1 saturated heterocycles. The number of halogens is 1. The number of anilines is 1. The molecule has 0 unspecified atom stereocenters. The van der Waals surface area contributed by atoms with Crippen molar-refractivity contribution in [3.05, 3.63) is 59.0 Å². The van der Waals surface area contributed by atoms with Gasteiger partial charge in [0.15, 0.2) is 5.96 Å². The number of aliphatic imine (C=N–C) groups is 1. The van der Waals surface area contributed by atoms with Crippen LogP contribution in [0.25, 0.3) is 0 Å². The van der Waals surface area contributed by atoms with Gasteiger partial charge in [0.25, 0.3) is 0 Å². The molecule has 2 heterocycles. The van der Waals surface area contributed by atoms with E-state index in [1.807, 2.05) is 18.5 Å². The number of pyridine rings is 1. The minimum Gasteiger partial charge on any atom is -0.354 e. The zero-order valence-electron chi connectivity index (χ0n) is 18.0. The Morgan fingerprint density at radius 3 is 2.53 bits per heavy atom. The lowest BCUT2D eigenvalue weighted by Gasteiger charge is -2.33. The second-order valence-electron chi connectivity index (χ2n) is 7.44.